The molecule has 5 saturated carbocycles. The summed E-state index contributed by atoms with van der Waals surface area (Å²) in [5.41, 5.74) is 6.18. The molecular formula is C27H29NO2. The van der Waals surface area contributed by atoms with E-state index in [0.29, 0.717) is 0 Å². The molecule has 4 atom stereocenters. The predicted molar refractivity (Wildman–Crippen MR) is 116 cm³/mol. The van der Waals surface area contributed by atoms with Gasteiger partial charge in [0, 0.05) is 11.8 Å². The molecule has 6 bridgehead atoms. The Morgan fingerprint density at radius 1 is 0.700 bits per heavy atom. The van der Waals surface area contributed by atoms with E-state index < -0.39 is 0 Å². The second kappa shape index (κ2) is 5.75. The maximum absolute atomic E-state index is 13.6. The first-order valence-corrected chi connectivity index (χ1v) is 11.9. The van der Waals surface area contributed by atoms with Gasteiger partial charge in [0.25, 0.3) is 0 Å². The van der Waals surface area contributed by atoms with E-state index in [4.69, 9.17) is 0 Å². The van der Waals surface area contributed by atoms with E-state index in [1.54, 1.807) is 5.57 Å². The Bertz CT molecular complexity index is 978. The second-order valence-corrected chi connectivity index (χ2v) is 11.1. The zero-order valence-electron chi connectivity index (χ0n) is 17.8. The number of fused-ring (bicyclic) bond motifs is 5. The van der Waals surface area contributed by atoms with Crippen LogP contribution in [0.4, 0.5) is 5.69 Å². The molecule has 0 spiro atoms. The Kier molecular flexibility index (Phi) is 3.36. The number of carbonyl (C=O) groups excluding carboxylic acids is 2. The van der Waals surface area contributed by atoms with Crippen molar-refractivity contribution >= 4 is 17.5 Å². The third-order valence-electron chi connectivity index (χ3n) is 9.23. The molecule has 0 N–H and O–H groups in total. The average Bonchev–Trinajstić information content (AvgIpc) is 3.30. The van der Waals surface area contributed by atoms with Gasteiger partial charge in [0.05, 0.1) is 17.5 Å². The second-order valence-electron chi connectivity index (χ2n) is 11.1. The molecule has 0 aromatic heterocycles. The number of hydrogen-bond acceptors (Lipinski definition) is 2. The number of carbonyl (C=O) groups is 2. The van der Waals surface area contributed by atoms with Crippen LogP contribution in [0.25, 0.3) is 0 Å². The molecule has 0 radical (unpaired) electrons. The fraction of sp³-hybridized carbons (Fsp3) is 0.556. The van der Waals surface area contributed by atoms with Crippen LogP contribution in [0, 0.1) is 61.2 Å². The van der Waals surface area contributed by atoms with Crippen molar-refractivity contribution in [3.8, 4) is 0 Å². The van der Waals surface area contributed by atoms with Gasteiger partial charge in [0.15, 0.2) is 0 Å². The minimum absolute atomic E-state index is 0.0359. The molecule has 1 aliphatic heterocycles. The quantitative estimate of drug-likeness (QED) is 0.493. The average molecular weight is 400 g/mol. The van der Waals surface area contributed by atoms with Gasteiger partial charge in [-0.25, -0.2) is 4.90 Å². The summed E-state index contributed by atoms with van der Waals surface area (Å²) in [4.78, 5) is 28.7. The molecule has 1 aromatic rings. The minimum Gasteiger partial charge on any atom is -0.274 e. The number of allylic oxidation sites excluding steroid dienone is 4. The number of amides is 2. The van der Waals surface area contributed by atoms with Crippen molar-refractivity contribution in [3.63, 3.8) is 0 Å². The third-order valence-corrected chi connectivity index (χ3v) is 9.23. The molecule has 8 rings (SSSR count). The smallest absolute Gasteiger partial charge is 0.238 e. The lowest BCUT2D eigenvalue weighted by Crippen LogP contribution is -2.41. The highest BCUT2D eigenvalue weighted by atomic mass is 16.2. The van der Waals surface area contributed by atoms with Crippen LogP contribution in [0.15, 0.2) is 41.5 Å². The minimum atomic E-state index is -0.173. The van der Waals surface area contributed by atoms with Crippen molar-refractivity contribution < 1.29 is 9.59 Å². The molecule has 2 amide bonds. The molecule has 3 nitrogen and oxygen atoms in total. The molecular weight excluding hydrogens is 370 g/mol. The summed E-state index contributed by atoms with van der Waals surface area (Å²) in [5, 5.41) is 0. The standard InChI is InChI=1S/C27H29NO2/c1-13-5-14(2)7-19(6-13)28-26(29)24-20-3-4-21(25(24)27(28)30)23(20)22-17-9-15-8-16(11-17)12-18(22)10-15/h3-7,15-18,20-21,24-25H,8-12H2,1-2H3/t15?,16?,17?,18?,20-,21+,24-,25-/m1/s1. The van der Waals surface area contributed by atoms with Crippen LogP contribution in [-0.4, -0.2) is 11.8 Å². The molecule has 6 fully saturated rings. The lowest BCUT2D eigenvalue weighted by molar-refractivity contribution is -0.122. The lowest BCUT2D eigenvalue weighted by atomic mass is 9.53. The van der Waals surface area contributed by atoms with Gasteiger partial charge in [0.1, 0.15) is 0 Å². The molecule has 30 heavy (non-hydrogen) atoms. The maximum Gasteiger partial charge on any atom is 0.238 e. The first-order chi connectivity index (χ1) is 14.5. The Hall–Kier alpha value is -2.16. The Labute approximate surface area is 178 Å². The van der Waals surface area contributed by atoms with E-state index in [0.717, 1.165) is 40.5 Å². The van der Waals surface area contributed by atoms with Gasteiger partial charge < -0.3 is 0 Å². The summed E-state index contributed by atoms with van der Waals surface area (Å²) in [6.07, 6.45) is 11.4. The van der Waals surface area contributed by atoms with Crippen LogP contribution in [0.2, 0.25) is 0 Å². The van der Waals surface area contributed by atoms with Crippen molar-refractivity contribution in [1.82, 2.24) is 0 Å². The SMILES string of the molecule is Cc1cc(C)cc(N2C(=O)[C@H]3[C@H](C2=O)[C@H]2C=C[C@@H]3C2=C2C3CC4CC(C3)CC2C4)c1. The number of aryl methyl sites for hydroxylation is 2. The zero-order valence-corrected chi connectivity index (χ0v) is 17.8. The van der Waals surface area contributed by atoms with Crippen molar-refractivity contribution in [3.05, 3.63) is 52.6 Å². The van der Waals surface area contributed by atoms with Crippen molar-refractivity contribution in [1.29, 1.82) is 0 Å². The van der Waals surface area contributed by atoms with E-state index in [1.165, 1.54) is 42.6 Å². The van der Waals surface area contributed by atoms with Crippen LogP contribution < -0.4 is 4.90 Å². The van der Waals surface area contributed by atoms with Gasteiger partial charge in [-0.1, -0.05) is 29.4 Å². The van der Waals surface area contributed by atoms with Gasteiger partial charge in [-0.05, 0) is 92.9 Å². The number of hydrogen-bond donors (Lipinski definition) is 0. The molecule has 1 saturated heterocycles. The van der Waals surface area contributed by atoms with Crippen molar-refractivity contribution in [2.24, 2.45) is 47.3 Å². The van der Waals surface area contributed by atoms with Gasteiger partial charge in [-0.3, -0.25) is 9.59 Å². The molecule has 154 valence electrons. The van der Waals surface area contributed by atoms with Crippen LogP contribution in [0.3, 0.4) is 0 Å². The molecule has 0 unspecified atom stereocenters. The van der Waals surface area contributed by atoms with E-state index >= 15 is 0 Å². The topological polar surface area (TPSA) is 37.4 Å². The summed E-state index contributed by atoms with van der Waals surface area (Å²) in [7, 11) is 0. The zero-order chi connectivity index (χ0) is 20.3. The highest BCUT2D eigenvalue weighted by molar-refractivity contribution is 6.23. The van der Waals surface area contributed by atoms with E-state index in [1.807, 2.05) is 26.0 Å². The lowest BCUT2D eigenvalue weighted by Gasteiger charge is -2.52. The van der Waals surface area contributed by atoms with Gasteiger partial charge in [-0.2, -0.15) is 0 Å². The van der Waals surface area contributed by atoms with Crippen LogP contribution in [-0.2, 0) is 9.59 Å². The molecule has 7 aliphatic rings. The highest BCUT2D eigenvalue weighted by Crippen LogP contribution is 2.63. The fourth-order valence-electron chi connectivity index (χ4n) is 8.65. The summed E-state index contributed by atoms with van der Waals surface area (Å²) in [5.74, 6) is 3.41. The molecule has 1 aromatic carbocycles. The number of imide groups is 1. The Morgan fingerprint density at radius 3 is 1.70 bits per heavy atom. The van der Waals surface area contributed by atoms with Gasteiger partial charge in [-0.15, -0.1) is 0 Å². The summed E-state index contributed by atoms with van der Waals surface area (Å²) in [6, 6.07) is 6.06. The van der Waals surface area contributed by atoms with E-state index in [-0.39, 0.29) is 35.5 Å². The van der Waals surface area contributed by atoms with Crippen LogP contribution in [0.1, 0.15) is 43.2 Å². The first-order valence-electron chi connectivity index (χ1n) is 11.9. The normalized spacial score (nSPS) is 42.8. The van der Waals surface area contributed by atoms with Gasteiger partial charge in [0.2, 0.25) is 11.8 Å². The maximum atomic E-state index is 13.6. The summed E-state index contributed by atoms with van der Waals surface area (Å²) >= 11 is 0. The van der Waals surface area contributed by atoms with Crippen LogP contribution >= 0.6 is 0 Å². The molecule has 6 aliphatic carbocycles. The third kappa shape index (κ3) is 2.11. The van der Waals surface area contributed by atoms with Crippen molar-refractivity contribution in [2.45, 2.75) is 46.0 Å². The summed E-state index contributed by atoms with van der Waals surface area (Å²) in [6.45, 7) is 4.06. The van der Waals surface area contributed by atoms with E-state index in [9.17, 15) is 9.59 Å². The van der Waals surface area contributed by atoms with E-state index in [2.05, 4.69) is 18.2 Å². The highest BCUT2D eigenvalue weighted by Gasteiger charge is 2.63. The number of rotatable bonds is 1. The number of nitrogens with zero attached hydrogens (tertiary/aromatic N) is 1. The number of benzene rings is 1. The molecule has 3 heteroatoms. The monoisotopic (exact) mass is 399 g/mol. The molecule has 1 heterocycles. The number of anilines is 1. The van der Waals surface area contributed by atoms with Crippen molar-refractivity contribution in [2.75, 3.05) is 4.90 Å². The first kappa shape index (κ1) is 17.5. The van der Waals surface area contributed by atoms with Crippen LogP contribution in [0.5, 0.6) is 0 Å². The Balaban J connectivity index is 1.29. The fourth-order valence-corrected chi connectivity index (χ4v) is 8.65. The predicted octanol–water partition coefficient (Wildman–Crippen LogP) is 4.98. The largest absolute Gasteiger partial charge is 0.274 e. The van der Waals surface area contributed by atoms with Gasteiger partial charge >= 0.3 is 0 Å². The Morgan fingerprint density at radius 2 is 1.20 bits per heavy atom. The summed E-state index contributed by atoms with van der Waals surface area (Å²) < 4.78 is 0.